The van der Waals surface area contributed by atoms with Gasteiger partial charge >= 0.3 is 0 Å². The molecule has 0 aliphatic rings. The predicted octanol–water partition coefficient (Wildman–Crippen LogP) is 3.75. The molecule has 4 aromatic rings. The molecule has 0 bridgehead atoms. The van der Waals surface area contributed by atoms with E-state index in [0.29, 0.717) is 0 Å². The van der Waals surface area contributed by atoms with E-state index >= 15 is 0 Å². The number of methoxy groups -OCH3 is 2. The van der Waals surface area contributed by atoms with Gasteiger partial charge in [-0.15, -0.1) is 0 Å². The third kappa shape index (κ3) is 1.72. The van der Waals surface area contributed by atoms with Crippen molar-refractivity contribution in [2.75, 3.05) is 14.2 Å². The van der Waals surface area contributed by atoms with Gasteiger partial charge < -0.3 is 9.47 Å². The predicted molar refractivity (Wildman–Crippen MR) is 87.7 cm³/mol. The molecule has 4 rings (SSSR count). The van der Waals surface area contributed by atoms with Gasteiger partial charge in [-0.3, -0.25) is 0 Å². The SMILES string of the molecule is COc1cc2c3ccccc3c3cccc[n+]3c2cc1OC. The van der Waals surface area contributed by atoms with Crippen LogP contribution in [0.4, 0.5) is 0 Å². The van der Waals surface area contributed by atoms with Gasteiger partial charge in [-0.25, -0.2) is 0 Å². The highest BCUT2D eigenvalue weighted by molar-refractivity contribution is 6.10. The molecule has 0 saturated carbocycles. The molecule has 22 heavy (non-hydrogen) atoms. The van der Waals surface area contributed by atoms with E-state index in [0.717, 1.165) is 22.4 Å². The number of rotatable bonds is 2. The van der Waals surface area contributed by atoms with Gasteiger partial charge in [0.1, 0.15) is 0 Å². The van der Waals surface area contributed by atoms with Crippen LogP contribution in [0.5, 0.6) is 11.5 Å². The zero-order valence-electron chi connectivity index (χ0n) is 12.5. The van der Waals surface area contributed by atoms with Crippen molar-refractivity contribution in [1.29, 1.82) is 0 Å². The second-order valence-corrected chi connectivity index (χ2v) is 5.23. The lowest BCUT2D eigenvalue weighted by atomic mass is 10.0. The molecule has 2 heterocycles. The molecule has 3 heteroatoms. The summed E-state index contributed by atoms with van der Waals surface area (Å²) in [6, 6.07) is 18.8. The fraction of sp³-hybridized carbons (Fsp3) is 0.105. The van der Waals surface area contributed by atoms with E-state index in [1.54, 1.807) is 14.2 Å². The van der Waals surface area contributed by atoms with Crippen LogP contribution >= 0.6 is 0 Å². The number of fused-ring (bicyclic) bond motifs is 6. The van der Waals surface area contributed by atoms with Crippen LogP contribution in [-0.2, 0) is 0 Å². The average Bonchev–Trinajstić information content (AvgIpc) is 2.60. The molecule has 0 amide bonds. The minimum atomic E-state index is 0.739. The zero-order chi connectivity index (χ0) is 15.1. The number of benzene rings is 2. The number of hydrogen-bond acceptors (Lipinski definition) is 2. The smallest absolute Gasteiger partial charge is 0.223 e. The number of ether oxygens (including phenoxy) is 2. The highest BCUT2D eigenvalue weighted by Crippen LogP contribution is 2.35. The average molecular weight is 290 g/mol. The highest BCUT2D eigenvalue weighted by atomic mass is 16.5. The lowest BCUT2D eigenvalue weighted by Crippen LogP contribution is -2.22. The largest absolute Gasteiger partial charge is 0.493 e. The van der Waals surface area contributed by atoms with Crippen molar-refractivity contribution in [2.24, 2.45) is 0 Å². The topological polar surface area (TPSA) is 22.6 Å². The van der Waals surface area contributed by atoms with E-state index in [4.69, 9.17) is 9.47 Å². The molecule has 0 radical (unpaired) electrons. The van der Waals surface area contributed by atoms with Crippen molar-refractivity contribution in [3.8, 4) is 11.5 Å². The molecule has 0 saturated heterocycles. The van der Waals surface area contributed by atoms with Gasteiger partial charge in [0.2, 0.25) is 11.0 Å². The van der Waals surface area contributed by atoms with Crippen LogP contribution in [0.1, 0.15) is 0 Å². The Balaban J connectivity index is 2.32. The summed E-state index contributed by atoms with van der Waals surface area (Å²) in [6.45, 7) is 0. The molecular weight excluding hydrogens is 274 g/mol. The normalized spacial score (nSPS) is 11.2. The van der Waals surface area contributed by atoms with Crippen molar-refractivity contribution in [2.45, 2.75) is 0 Å². The van der Waals surface area contributed by atoms with Gasteiger partial charge in [-0.05, 0) is 18.2 Å². The summed E-state index contributed by atoms with van der Waals surface area (Å²) in [6.07, 6.45) is 2.08. The van der Waals surface area contributed by atoms with E-state index in [1.807, 2.05) is 12.1 Å². The van der Waals surface area contributed by atoms with Crippen molar-refractivity contribution in [1.82, 2.24) is 0 Å². The van der Waals surface area contributed by atoms with Gasteiger partial charge in [-0.1, -0.05) is 18.2 Å². The van der Waals surface area contributed by atoms with E-state index in [-0.39, 0.29) is 0 Å². The monoisotopic (exact) mass is 290 g/mol. The molecule has 3 nitrogen and oxygen atoms in total. The Morgan fingerprint density at radius 2 is 1.36 bits per heavy atom. The second-order valence-electron chi connectivity index (χ2n) is 5.23. The summed E-state index contributed by atoms with van der Waals surface area (Å²) in [7, 11) is 3.33. The van der Waals surface area contributed by atoms with Crippen LogP contribution in [0.2, 0.25) is 0 Å². The fourth-order valence-corrected chi connectivity index (χ4v) is 3.10. The Hall–Kier alpha value is -2.81. The van der Waals surface area contributed by atoms with Crippen molar-refractivity contribution >= 4 is 27.2 Å². The summed E-state index contributed by atoms with van der Waals surface area (Å²) in [4.78, 5) is 0. The van der Waals surface area contributed by atoms with Crippen LogP contribution in [0, 0.1) is 0 Å². The molecule has 0 N–H and O–H groups in total. The van der Waals surface area contributed by atoms with Crippen LogP contribution < -0.4 is 13.9 Å². The standard InChI is InChI=1S/C19H16NO2/c1-21-18-11-15-13-7-3-4-8-14(13)16-9-5-6-10-20(16)17(15)12-19(18)22-2/h3-12H,1-2H3/q+1. The zero-order valence-corrected chi connectivity index (χ0v) is 12.5. The van der Waals surface area contributed by atoms with E-state index in [9.17, 15) is 0 Å². The maximum absolute atomic E-state index is 5.47. The van der Waals surface area contributed by atoms with Crippen molar-refractivity contribution in [3.05, 3.63) is 60.8 Å². The molecule has 2 aromatic carbocycles. The quantitative estimate of drug-likeness (QED) is 0.414. The van der Waals surface area contributed by atoms with Crippen molar-refractivity contribution < 1.29 is 13.9 Å². The number of pyridine rings is 2. The first-order valence-corrected chi connectivity index (χ1v) is 7.20. The van der Waals surface area contributed by atoms with Crippen LogP contribution in [0.25, 0.3) is 27.2 Å². The third-order valence-electron chi connectivity index (χ3n) is 4.11. The first-order valence-electron chi connectivity index (χ1n) is 7.20. The second kappa shape index (κ2) is 4.88. The Morgan fingerprint density at radius 1 is 0.682 bits per heavy atom. The Bertz CT molecular complexity index is 926. The maximum atomic E-state index is 5.47. The maximum Gasteiger partial charge on any atom is 0.223 e. The molecule has 0 unspecified atom stereocenters. The summed E-state index contributed by atoms with van der Waals surface area (Å²) in [5.41, 5.74) is 2.28. The summed E-state index contributed by atoms with van der Waals surface area (Å²) < 4.78 is 13.1. The fourth-order valence-electron chi connectivity index (χ4n) is 3.10. The Kier molecular flexibility index (Phi) is 2.86. The summed E-state index contributed by atoms with van der Waals surface area (Å²) in [5, 5.41) is 3.59. The van der Waals surface area contributed by atoms with E-state index in [1.165, 1.54) is 16.3 Å². The molecule has 2 aromatic heterocycles. The Labute approximate surface area is 128 Å². The highest BCUT2D eigenvalue weighted by Gasteiger charge is 2.18. The molecule has 0 aliphatic heterocycles. The van der Waals surface area contributed by atoms with Gasteiger partial charge in [-0.2, -0.15) is 4.40 Å². The molecular formula is C19H16NO2+. The Morgan fingerprint density at radius 3 is 2.14 bits per heavy atom. The summed E-state index contributed by atoms with van der Waals surface area (Å²) in [5.74, 6) is 1.49. The number of nitrogens with zero attached hydrogens (tertiary/aromatic N) is 1. The molecule has 108 valence electrons. The van der Waals surface area contributed by atoms with Gasteiger partial charge in [0, 0.05) is 17.5 Å². The van der Waals surface area contributed by atoms with Crippen molar-refractivity contribution in [3.63, 3.8) is 0 Å². The van der Waals surface area contributed by atoms with E-state index in [2.05, 4.69) is 53.1 Å². The number of aromatic nitrogens is 1. The lowest BCUT2D eigenvalue weighted by molar-refractivity contribution is -0.480. The minimum absolute atomic E-state index is 0.739. The molecule has 0 aliphatic carbocycles. The van der Waals surface area contributed by atoms with Gasteiger partial charge in [0.25, 0.3) is 0 Å². The first-order chi connectivity index (χ1) is 10.8. The lowest BCUT2D eigenvalue weighted by Gasteiger charge is -2.10. The van der Waals surface area contributed by atoms with Crippen LogP contribution in [0.15, 0.2) is 60.8 Å². The number of hydrogen-bond donors (Lipinski definition) is 0. The third-order valence-corrected chi connectivity index (χ3v) is 4.11. The first kappa shape index (κ1) is 12.9. The van der Waals surface area contributed by atoms with Crippen LogP contribution in [-0.4, -0.2) is 14.2 Å². The molecule has 0 fully saturated rings. The van der Waals surface area contributed by atoms with Crippen LogP contribution in [0.3, 0.4) is 0 Å². The summed E-state index contributed by atoms with van der Waals surface area (Å²) >= 11 is 0. The molecule has 0 spiro atoms. The van der Waals surface area contributed by atoms with Gasteiger partial charge in [0.05, 0.1) is 31.1 Å². The van der Waals surface area contributed by atoms with E-state index < -0.39 is 0 Å². The van der Waals surface area contributed by atoms with Gasteiger partial charge in [0.15, 0.2) is 17.7 Å². The molecule has 0 atom stereocenters. The minimum Gasteiger partial charge on any atom is -0.493 e.